The van der Waals surface area contributed by atoms with E-state index in [2.05, 4.69) is 16.6 Å². The number of rotatable bonds is 3. The Bertz CT molecular complexity index is 225. The van der Waals surface area contributed by atoms with E-state index < -0.39 is 0 Å². The van der Waals surface area contributed by atoms with E-state index in [1.54, 1.807) is 0 Å². The van der Waals surface area contributed by atoms with Crippen LogP contribution in [0.4, 0.5) is 0 Å². The Morgan fingerprint density at radius 1 is 1.20 bits per heavy atom. The molecule has 0 bridgehead atoms. The van der Waals surface area contributed by atoms with Gasteiger partial charge in [-0.15, -0.1) is 6.42 Å². The van der Waals surface area contributed by atoms with Crippen LogP contribution in [0.5, 0.6) is 0 Å². The molecule has 1 saturated heterocycles. The van der Waals surface area contributed by atoms with Crippen LogP contribution in [0.1, 0.15) is 38.5 Å². The standard InChI is InChI=1S/C13H22N2/c1-2-9-14-13-8-5-6-11(13)12-7-3-4-10-15-12/h1,11-15H,3-10H2. The van der Waals surface area contributed by atoms with Crippen molar-refractivity contribution >= 4 is 0 Å². The minimum atomic E-state index is 0.664. The second-order valence-electron chi connectivity index (χ2n) is 4.84. The molecule has 2 heteroatoms. The third-order valence-electron chi connectivity index (χ3n) is 3.90. The van der Waals surface area contributed by atoms with E-state index in [4.69, 9.17) is 6.42 Å². The summed E-state index contributed by atoms with van der Waals surface area (Å²) >= 11 is 0. The summed E-state index contributed by atoms with van der Waals surface area (Å²) in [6.45, 7) is 1.94. The van der Waals surface area contributed by atoms with Crippen molar-refractivity contribution in [2.45, 2.75) is 50.6 Å². The molecule has 0 radical (unpaired) electrons. The minimum absolute atomic E-state index is 0.664. The molecule has 2 N–H and O–H groups in total. The summed E-state index contributed by atoms with van der Waals surface area (Å²) in [5, 5.41) is 7.18. The van der Waals surface area contributed by atoms with E-state index in [-0.39, 0.29) is 0 Å². The largest absolute Gasteiger partial charge is 0.314 e. The van der Waals surface area contributed by atoms with Gasteiger partial charge in [0.15, 0.2) is 0 Å². The number of hydrogen-bond donors (Lipinski definition) is 2. The van der Waals surface area contributed by atoms with Crippen LogP contribution in [0, 0.1) is 18.3 Å². The summed E-state index contributed by atoms with van der Waals surface area (Å²) in [6, 6.07) is 1.41. The van der Waals surface area contributed by atoms with Crippen LogP contribution in [0.25, 0.3) is 0 Å². The Kier molecular flexibility index (Phi) is 4.05. The molecule has 0 amide bonds. The van der Waals surface area contributed by atoms with Gasteiger partial charge in [0.2, 0.25) is 0 Å². The lowest BCUT2D eigenvalue weighted by atomic mass is 9.88. The number of terminal acetylenes is 1. The van der Waals surface area contributed by atoms with Gasteiger partial charge in [-0.05, 0) is 38.1 Å². The third kappa shape index (κ3) is 2.74. The topological polar surface area (TPSA) is 24.1 Å². The van der Waals surface area contributed by atoms with Crippen molar-refractivity contribution in [3.05, 3.63) is 0 Å². The van der Waals surface area contributed by atoms with Crippen LogP contribution in [0.2, 0.25) is 0 Å². The number of nitrogens with one attached hydrogen (secondary N) is 2. The average Bonchev–Trinajstić information content (AvgIpc) is 2.75. The van der Waals surface area contributed by atoms with E-state index in [1.165, 1.54) is 45.1 Å². The van der Waals surface area contributed by atoms with E-state index in [1.807, 2.05) is 0 Å². The van der Waals surface area contributed by atoms with Crippen molar-refractivity contribution in [1.29, 1.82) is 0 Å². The molecule has 3 unspecified atom stereocenters. The first kappa shape index (κ1) is 11.0. The molecular formula is C13H22N2. The van der Waals surface area contributed by atoms with Crippen LogP contribution in [0.15, 0.2) is 0 Å². The lowest BCUT2D eigenvalue weighted by Gasteiger charge is -2.32. The molecule has 0 aromatic rings. The Labute approximate surface area is 93.2 Å². The summed E-state index contributed by atoms with van der Waals surface area (Å²) in [7, 11) is 0. The predicted molar refractivity (Wildman–Crippen MR) is 63.6 cm³/mol. The summed E-state index contributed by atoms with van der Waals surface area (Å²) in [6.07, 6.45) is 13.5. The lowest BCUT2D eigenvalue weighted by Crippen LogP contribution is -2.46. The van der Waals surface area contributed by atoms with Crippen molar-refractivity contribution in [2.24, 2.45) is 5.92 Å². The zero-order valence-corrected chi connectivity index (χ0v) is 9.47. The first-order valence-corrected chi connectivity index (χ1v) is 6.32. The molecule has 2 rings (SSSR count). The number of piperidine rings is 1. The van der Waals surface area contributed by atoms with Gasteiger partial charge in [-0.2, -0.15) is 0 Å². The van der Waals surface area contributed by atoms with Gasteiger partial charge in [0.1, 0.15) is 0 Å². The van der Waals surface area contributed by atoms with Crippen LogP contribution in [0.3, 0.4) is 0 Å². The maximum Gasteiger partial charge on any atom is 0.0576 e. The van der Waals surface area contributed by atoms with E-state index in [9.17, 15) is 0 Å². The van der Waals surface area contributed by atoms with Crippen LogP contribution >= 0.6 is 0 Å². The number of hydrogen-bond acceptors (Lipinski definition) is 2. The lowest BCUT2D eigenvalue weighted by molar-refractivity contribution is 0.261. The molecule has 0 spiro atoms. The van der Waals surface area contributed by atoms with Gasteiger partial charge in [0.05, 0.1) is 6.54 Å². The van der Waals surface area contributed by atoms with Crippen molar-refractivity contribution < 1.29 is 0 Å². The molecule has 2 aliphatic rings. The molecule has 15 heavy (non-hydrogen) atoms. The molecule has 3 atom stereocenters. The van der Waals surface area contributed by atoms with E-state index >= 15 is 0 Å². The zero-order valence-electron chi connectivity index (χ0n) is 9.47. The normalized spacial score (nSPS) is 36.3. The maximum absolute atomic E-state index is 5.30. The quantitative estimate of drug-likeness (QED) is 0.684. The summed E-state index contributed by atoms with van der Waals surface area (Å²) in [4.78, 5) is 0. The van der Waals surface area contributed by atoms with E-state index in [0.29, 0.717) is 6.04 Å². The Morgan fingerprint density at radius 3 is 2.87 bits per heavy atom. The Morgan fingerprint density at radius 2 is 2.13 bits per heavy atom. The summed E-state index contributed by atoms with van der Waals surface area (Å²) < 4.78 is 0. The molecule has 84 valence electrons. The van der Waals surface area contributed by atoms with Crippen molar-refractivity contribution in [3.63, 3.8) is 0 Å². The Hall–Kier alpha value is -0.520. The summed E-state index contributed by atoms with van der Waals surface area (Å²) in [5.41, 5.74) is 0. The zero-order chi connectivity index (χ0) is 10.5. The highest BCUT2D eigenvalue weighted by Gasteiger charge is 2.33. The second-order valence-corrected chi connectivity index (χ2v) is 4.84. The molecular weight excluding hydrogens is 184 g/mol. The Balaban J connectivity index is 1.86. The van der Waals surface area contributed by atoms with Gasteiger partial charge >= 0.3 is 0 Å². The molecule has 2 fully saturated rings. The van der Waals surface area contributed by atoms with Gasteiger partial charge in [-0.1, -0.05) is 18.8 Å². The van der Waals surface area contributed by atoms with Crippen molar-refractivity contribution in [2.75, 3.05) is 13.1 Å². The molecule has 1 saturated carbocycles. The molecule has 1 heterocycles. The van der Waals surface area contributed by atoms with Gasteiger partial charge in [0.25, 0.3) is 0 Å². The summed E-state index contributed by atoms with van der Waals surface area (Å²) in [5.74, 6) is 3.50. The fourth-order valence-electron chi connectivity index (χ4n) is 3.16. The molecule has 2 nitrogen and oxygen atoms in total. The highest BCUT2D eigenvalue weighted by atomic mass is 15.0. The maximum atomic E-state index is 5.30. The fraction of sp³-hybridized carbons (Fsp3) is 0.846. The van der Waals surface area contributed by atoms with Crippen molar-refractivity contribution in [1.82, 2.24) is 10.6 Å². The van der Waals surface area contributed by atoms with Gasteiger partial charge in [-0.25, -0.2) is 0 Å². The van der Waals surface area contributed by atoms with Gasteiger partial charge in [0, 0.05) is 12.1 Å². The van der Waals surface area contributed by atoms with Crippen molar-refractivity contribution in [3.8, 4) is 12.3 Å². The highest BCUT2D eigenvalue weighted by molar-refractivity contribution is 4.95. The molecule has 1 aliphatic heterocycles. The van der Waals surface area contributed by atoms with Crippen LogP contribution in [-0.4, -0.2) is 25.2 Å². The monoisotopic (exact) mass is 206 g/mol. The van der Waals surface area contributed by atoms with Gasteiger partial charge in [-0.3, -0.25) is 0 Å². The SMILES string of the molecule is C#CCNC1CCCC1C1CCCCN1. The highest BCUT2D eigenvalue weighted by Crippen LogP contribution is 2.31. The van der Waals surface area contributed by atoms with Gasteiger partial charge < -0.3 is 10.6 Å². The minimum Gasteiger partial charge on any atom is -0.314 e. The smallest absolute Gasteiger partial charge is 0.0576 e. The first-order valence-electron chi connectivity index (χ1n) is 6.32. The average molecular weight is 206 g/mol. The first-order chi connectivity index (χ1) is 7.42. The predicted octanol–water partition coefficient (Wildman–Crippen LogP) is 1.52. The fourth-order valence-corrected chi connectivity index (χ4v) is 3.16. The van der Waals surface area contributed by atoms with E-state index in [0.717, 1.165) is 18.5 Å². The second kappa shape index (κ2) is 5.53. The third-order valence-corrected chi connectivity index (χ3v) is 3.90. The molecule has 0 aromatic heterocycles. The van der Waals surface area contributed by atoms with Crippen LogP contribution < -0.4 is 10.6 Å². The molecule has 1 aliphatic carbocycles. The molecule has 0 aromatic carbocycles. The van der Waals surface area contributed by atoms with Crippen LogP contribution in [-0.2, 0) is 0 Å².